The van der Waals surface area contributed by atoms with Gasteiger partial charge >= 0.3 is 11.9 Å². The van der Waals surface area contributed by atoms with Crippen LogP contribution in [0.2, 0.25) is 0 Å². The first kappa shape index (κ1) is 29.6. The lowest BCUT2D eigenvalue weighted by molar-refractivity contribution is -0.165. The number of hydrogen-bond donors (Lipinski definition) is 0. The number of rotatable bonds is 13. The van der Waals surface area contributed by atoms with Gasteiger partial charge in [0.25, 0.3) is 0 Å². The molecule has 2 saturated carbocycles. The van der Waals surface area contributed by atoms with Gasteiger partial charge in [0.1, 0.15) is 11.7 Å². The molecule has 1 aromatic carbocycles. The highest BCUT2D eigenvalue weighted by molar-refractivity contribution is 5.75. The van der Waals surface area contributed by atoms with Crippen molar-refractivity contribution in [3.05, 3.63) is 35.9 Å². The number of esters is 2. The first-order valence-corrected chi connectivity index (χ1v) is 14.5. The number of benzene rings is 1. The minimum atomic E-state index is -0.465. The largest absolute Gasteiger partial charge is 0.462 e. The molecule has 208 valence electrons. The molecule has 0 saturated heterocycles. The summed E-state index contributed by atoms with van der Waals surface area (Å²) in [5.41, 5.74) is 0.760. The Kier molecular flexibility index (Phi) is 12.4. The summed E-state index contributed by atoms with van der Waals surface area (Å²) in [6, 6.07) is 10.3. The third-order valence-electron chi connectivity index (χ3n) is 7.35. The van der Waals surface area contributed by atoms with Crippen LogP contribution in [0.3, 0.4) is 0 Å². The van der Waals surface area contributed by atoms with Gasteiger partial charge in [-0.25, -0.2) is 0 Å². The molecule has 6 nitrogen and oxygen atoms in total. The quantitative estimate of drug-likeness (QED) is 0.212. The number of ether oxygens (including phenoxy) is 4. The molecular weight excluding hydrogens is 468 g/mol. The fraction of sp³-hybridized carbons (Fsp3) is 0.742. The molecule has 0 heterocycles. The van der Waals surface area contributed by atoms with E-state index in [0.717, 1.165) is 58.2 Å². The Morgan fingerprint density at radius 1 is 0.730 bits per heavy atom. The zero-order valence-electron chi connectivity index (χ0n) is 23.3. The average molecular weight is 517 g/mol. The fourth-order valence-corrected chi connectivity index (χ4v) is 5.20. The number of hydrogen-bond acceptors (Lipinski definition) is 6. The first-order valence-electron chi connectivity index (χ1n) is 14.5. The van der Waals surface area contributed by atoms with Gasteiger partial charge in [-0.1, -0.05) is 43.2 Å². The van der Waals surface area contributed by atoms with E-state index in [1.807, 2.05) is 39.0 Å². The zero-order chi connectivity index (χ0) is 26.5. The van der Waals surface area contributed by atoms with Crippen molar-refractivity contribution in [1.29, 1.82) is 0 Å². The van der Waals surface area contributed by atoms with E-state index in [4.69, 9.17) is 18.9 Å². The SMILES string of the molecule is CC(C)(C)OC(=O)C1CCC(C(=O)OC2CCC(OCCCCCCOCc3ccccc3)CC2)CC1. The molecule has 1 aromatic rings. The summed E-state index contributed by atoms with van der Waals surface area (Å²) in [6.45, 7) is 7.97. The summed E-state index contributed by atoms with van der Waals surface area (Å²) >= 11 is 0. The van der Waals surface area contributed by atoms with E-state index in [9.17, 15) is 9.59 Å². The Labute approximate surface area is 223 Å². The zero-order valence-corrected chi connectivity index (χ0v) is 23.3. The van der Waals surface area contributed by atoms with Crippen molar-refractivity contribution in [2.75, 3.05) is 13.2 Å². The number of carbonyl (C=O) groups is 2. The fourth-order valence-electron chi connectivity index (χ4n) is 5.20. The van der Waals surface area contributed by atoms with Crippen LogP contribution in [0.25, 0.3) is 0 Å². The van der Waals surface area contributed by atoms with Crippen molar-refractivity contribution in [2.24, 2.45) is 11.8 Å². The monoisotopic (exact) mass is 516 g/mol. The van der Waals surface area contributed by atoms with Crippen LogP contribution in [0, 0.1) is 11.8 Å². The molecule has 2 fully saturated rings. The molecule has 0 N–H and O–H groups in total. The van der Waals surface area contributed by atoms with Gasteiger partial charge in [0.05, 0.1) is 24.5 Å². The van der Waals surface area contributed by atoms with Crippen LogP contribution in [0.1, 0.15) is 103 Å². The molecule has 3 rings (SSSR count). The highest BCUT2D eigenvalue weighted by Crippen LogP contribution is 2.33. The standard InChI is InChI=1S/C31H48O6/c1-31(2,3)37-30(33)26-15-13-25(14-16-26)29(32)36-28-19-17-27(18-20-28)35-22-10-5-4-9-21-34-23-24-11-7-6-8-12-24/h6-8,11-12,25-28H,4-5,9-10,13-23H2,1-3H3. The summed E-state index contributed by atoms with van der Waals surface area (Å²) < 4.78 is 23.2. The van der Waals surface area contributed by atoms with Gasteiger partial charge in [-0.15, -0.1) is 0 Å². The van der Waals surface area contributed by atoms with Gasteiger partial charge < -0.3 is 18.9 Å². The van der Waals surface area contributed by atoms with Crippen LogP contribution in [0.5, 0.6) is 0 Å². The van der Waals surface area contributed by atoms with Crippen LogP contribution in [-0.4, -0.2) is 43.0 Å². The van der Waals surface area contributed by atoms with Crippen molar-refractivity contribution in [3.8, 4) is 0 Å². The molecule has 0 aliphatic heterocycles. The van der Waals surface area contributed by atoms with Crippen molar-refractivity contribution in [2.45, 2.75) is 122 Å². The normalized spacial score (nSPS) is 24.4. The Balaban J connectivity index is 1.17. The minimum Gasteiger partial charge on any atom is -0.462 e. The van der Waals surface area contributed by atoms with E-state index in [-0.39, 0.29) is 36.0 Å². The maximum absolute atomic E-state index is 12.7. The maximum atomic E-state index is 12.7. The van der Waals surface area contributed by atoms with Gasteiger partial charge in [0, 0.05) is 13.2 Å². The molecule has 0 bridgehead atoms. The molecule has 0 radical (unpaired) electrons. The van der Waals surface area contributed by atoms with Crippen LogP contribution in [-0.2, 0) is 35.1 Å². The van der Waals surface area contributed by atoms with E-state index in [1.165, 1.54) is 12.0 Å². The number of unbranched alkanes of at least 4 members (excludes halogenated alkanes) is 3. The summed E-state index contributed by atoms with van der Waals surface area (Å²) in [5, 5.41) is 0. The second-order valence-corrected chi connectivity index (χ2v) is 11.7. The van der Waals surface area contributed by atoms with Crippen molar-refractivity contribution in [3.63, 3.8) is 0 Å². The molecule has 2 aliphatic carbocycles. The lowest BCUT2D eigenvalue weighted by atomic mass is 9.82. The molecule has 37 heavy (non-hydrogen) atoms. The molecule has 6 heteroatoms. The van der Waals surface area contributed by atoms with Crippen LogP contribution >= 0.6 is 0 Å². The second kappa shape index (κ2) is 15.5. The van der Waals surface area contributed by atoms with Gasteiger partial charge in [0.2, 0.25) is 0 Å². The Hall–Kier alpha value is -1.92. The summed E-state index contributed by atoms with van der Waals surface area (Å²) in [6.07, 6.45) is 11.3. The molecular formula is C31H48O6. The second-order valence-electron chi connectivity index (χ2n) is 11.7. The van der Waals surface area contributed by atoms with Crippen molar-refractivity contribution >= 4 is 11.9 Å². The highest BCUT2D eigenvalue weighted by atomic mass is 16.6. The van der Waals surface area contributed by atoms with E-state index in [1.54, 1.807) is 0 Å². The predicted octanol–water partition coefficient (Wildman–Crippen LogP) is 6.78. The topological polar surface area (TPSA) is 71.1 Å². The Bertz CT molecular complexity index is 786. The molecule has 0 unspecified atom stereocenters. The van der Waals surface area contributed by atoms with Gasteiger partial charge in [0.15, 0.2) is 0 Å². The molecule has 0 aromatic heterocycles. The highest BCUT2D eigenvalue weighted by Gasteiger charge is 2.34. The predicted molar refractivity (Wildman–Crippen MR) is 144 cm³/mol. The van der Waals surface area contributed by atoms with E-state index in [2.05, 4.69) is 12.1 Å². The smallest absolute Gasteiger partial charge is 0.309 e. The lowest BCUT2D eigenvalue weighted by Crippen LogP contribution is -2.34. The summed E-state index contributed by atoms with van der Waals surface area (Å²) in [7, 11) is 0. The number of carbonyl (C=O) groups excluding carboxylic acids is 2. The third-order valence-corrected chi connectivity index (χ3v) is 7.35. The minimum absolute atomic E-state index is 0.00631. The average Bonchev–Trinajstić information content (AvgIpc) is 2.88. The van der Waals surface area contributed by atoms with E-state index in [0.29, 0.717) is 32.3 Å². The van der Waals surface area contributed by atoms with Crippen LogP contribution < -0.4 is 0 Å². The van der Waals surface area contributed by atoms with Crippen LogP contribution in [0.15, 0.2) is 30.3 Å². The Morgan fingerprint density at radius 3 is 1.92 bits per heavy atom. The Morgan fingerprint density at radius 2 is 1.30 bits per heavy atom. The molecule has 0 amide bonds. The molecule has 2 aliphatic rings. The maximum Gasteiger partial charge on any atom is 0.309 e. The first-order chi connectivity index (χ1) is 17.8. The third kappa shape index (κ3) is 11.6. The van der Waals surface area contributed by atoms with E-state index < -0.39 is 5.60 Å². The van der Waals surface area contributed by atoms with Gasteiger partial charge in [-0.3, -0.25) is 9.59 Å². The lowest BCUT2D eigenvalue weighted by Gasteiger charge is -2.32. The molecule has 0 spiro atoms. The summed E-state index contributed by atoms with van der Waals surface area (Å²) in [4.78, 5) is 25.0. The van der Waals surface area contributed by atoms with Crippen LogP contribution in [0.4, 0.5) is 0 Å². The van der Waals surface area contributed by atoms with Crippen molar-refractivity contribution < 1.29 is 28.5 Å². The van der Waals surface area contributed by atoms with E-state index >= 15 is 0 Å². The summed E-state index contributed by atoms with van der Waals surface area (Å²) in [5.74, 6) is -0.398. The molecule has 0 atom stereocenters. The van der Waals surface area contributed by atoms with Gasteiger partial charge in [-0.2, -0.15) is 0 Å². The van der Waals surface area contributed by atoms with Crippen molar-refractivity contribution in [1.82, 2.24) is 0 Å². The van der Waals surface area contributed by atoms with Gasteiger partial charge in [-0.05, 0) is 90.5 Å².